The van der Waals surface area contributed by atoms with Gasteiger partial charge in [0.2, 0.25) is 12.3 Å². The number of para-hydroxylation sites is 1. The molecule has 7 heteroatoms. The van der Waals surface area contributed by atoms with Crippen molar-refractivity contribution in [1.82, 2.24) is 14.8 Å². The topological polar surface area (TPSA) is 76.9 Å². The Bertz CT molecular complexity index is 937. The van der Waals surface area contributed by atoms with Gasteiger partial charge >= 0.3 is 0 Å². The number of hydrogen-bond donors (Lipinski definition) is 1. The lowest BCUT2D eigenvalue weighted by atomic mass is 10.2. The van der Waals surface area contributed by atoms with Crippen LogP contribution in [0.1, 0.15) is 12.8 Å². The molecule has 3 aromatic rings. The first-order chi connectivity index (χ1) is 12.7. The Hall–Kier alpha value is -2.93. The number of thioether (sulfide) groups is 1. The van der Waals surface area contributed by atoms with Crippen molar-refractivity contribution in [3.8, 4) is 11.4 Å². The molecule has 1 fully saturated rings. The molecule has 26 heavy (non-hydrogen) atoms. The van der Waals surface area contributed by atoms with Gasteiger partial charge in [-0.1, -0.05) is 60.3 Å². The van der Waals surface area contributed by atoms with Gasteiger partial charge in [-0.25, -0.2) is 4.57 Å². The fraction of sp³-hybridized carbons (Fsp3) is 0.158. The number of nitrogens with one attached hydrogen (secondary N) is 1. The molecular weight excluding hydrogens is 348 g/mol. The summed E-state index contributed by atoms with van der Waals surface area (Å²) in [4.78, 5) is 24.3. The summed E-state index contributed by atoms with van der Waals surface area (Å²) in [6.45, 7) is 0. The lowest BCUT2D eigenvalue weighted by molar-refractivity contribution is -0.116. The normalized spacial score (nSPS) is 14.6. The standard InChI is InChI=1S/C19H16N4O2S/c24-13-23-16(14-7-3-1-4-8-14)21-22-18(23)26-19(11-12-19)17(25)20-15-9-5-2-6-10-15/h1-10,13H,11-12H2,(H,20,25). The molecule has 0 atom stereocenters. The molecular formula is C19H16N4O2S. The molecule has 4 rings (SSSR count). The molecule has 0 radical (unpaired) electrons. The zero-order valence-electron chi connectivity index (χ0n) is 13.8. The van der Waals surface area contributed by atoms with Gasteiger partial charge in [-0.15, -0.1) is 10.2 Å². The largest absolute Gasteiger partial charge is 0.325 e. The van der Waals surface area contributed by atoms with Gasteiger partial charge in [-0.2, -0.15) is 0 Å². The van der Waals surface area contributed by atoms with Crippen LogP contribution < -0.4 is 5.32 Å². The van der Waals surface area contributed by atoms with Gasteiger partial charge in [0.15, 0.2) is 11.0 Å². The second-order valence-electron chi connectivity index (χ2n) is 6.06. The van der Waals surface area contributed by atoms with E-state index in [1.165, 1.54) is 16.3 Å². The van der Waals surface area contributed by atoms with Crippen LogP contribution in [-0.2, 0) is 9.59 Å². The summed E-state index contributed by atoms with van der Waals surface area (Å²) < 4.78 is 0.799. The molecule has 0 aliphatic heterocycles. The third-order valence-electron chi connectivity index (χ3n) is 4.24. The van der Waals surface area contributed by atoms with Crippen LogP contribution in [0, 0.1) is 0 Å². The van der Waals surface area contributed by atoms with Gasteiger partial charge in [-0.05, 0) is 25.0 Å². The van der Waals surface area contributed by atoms with Crippen LogP contribution in [0.5, 0.6) is 0 Å². The van der Waals surface area contributed by atoms with Crippen LogP contribution in [0.25, 0.3) is 11.4 Å². The number of carbonyl (C=O) groups is 2. The average molecular weight is 364 g/mol. The van der Waals surface area contributed by atoms with Crippen molar-refractivity contribution >= 4 is 29.8 Å². The predicted molar refractivity (Wildman–Crippen MR) is 101 cm³/mol. The van der Waals surface area contributed by atoms with E-state index < -0.39 is 4.75 Å². The maximum atomic E-state index is 12.7. The molecule has 1 saturated carbocycles. The van der Waals surface area contributed by atoms with E-state index >= 15 is 0 Å². The van der Waals surface area contributed by atoms with Crippen LogP contribution >= 0.6 is 11.8 Å². The van der Waals surface area contributed by atoms with Crippen LogP contribution in [0.4, 0.5) is 5.69 Å². The van der Waals surface area contributed by atoms with Crippen molar-refractivity contribution in [2.75, 3.05) is 5.32 Å². The Balaban J connectivity index is 1.56. The van der Waals surface area contributed by atoms with Gasteiger partial charge in [0.25, 0.3) is 0 Å². The van der Waals surface area contributed by atoms with Gasteiger partial charge in [0.1, 0.15) is 4.75 Å². The van der Waals surface area contributed by atoms with Gasteiger partial charge < -0.3 is 5.32 Å². The molecule has 1 N–H and O–H groups in total. The van der Waals surface area contributed by atoms with E-state index in [4.69, 9.17) is 0 Å². The lowest BCUT2D eigenvalue weighted by Crippen LogP contribution is -2.27. The predicted octanol–water partition coefficient (Wildman–Crippen LogP) is 3.25. The molecule has 0 bridgehead atoms. The number of hydrogen-bond acceptors (Lipinski definition) is 5. The summed E-state index contributed by atoms with van der Waals surface area (Å²) in [5.41, 5.74) is 1.56. The van der Waals surface area contributed by atoms with Crippen molar-refractivity contribution in [3.63, 3.8) is 0 Å². The Morgan fingerprint density at radius 3 is 2.31 bits per heavy atom. The number of rotatable bonds is 6. The summed E-state index contributed by atoms with van der Waals surface area (Å²) in [5.74, 6) is 0.401. The molecule has 130 valence electrons. The molecule has 1 aliphatic rings. The van der Waals surface area contributed by atoms with Crippen molar-refractivity contribution in [3.05, 3.63) is 60.7 Å². The third kappa shape index (κ3) is 3.13. The number of aromatic nitrogens is 3. The van der Waals surface area contributed by atoms with Crippen LogP contribution in [0.3, 0.4) is 0 Å². The SMILES string of the molecule is O=Cn1c(SC2(C(=O)Nc3ccccc3)CC2)nnc1-c1ccccc1. The molecule has 0 spiro atoms. The lowest BCUT2D eigenvalue weighted by Gasteiger charge is -2.14. The van der Waals surface area contributed by atoms with Crippen molar-refractivity contribution in [2.24, 2.45) is 0 Å². The number of benzene rings is 2. The maximum Gasteiger partial charge on any atom is 0.241 e. The molecule has 0 unspecified atom stereocenters. The molecule has 1 aliphatic carbocycles. The van der Waals surface area contributed by atoms with E-state index in [9.17, 15) is 9.59 Å². The summed E-state index contributed by atoms with van der Waals surface area (Å²) in [5, 5.41) is 11.6. The molecule has 2 aromatic carbocycles. The smallest absolute Gasteiger partial charge is 0.241 e. The summed E-state index contributed by atoms with van der Waals surface area (Å²) in [6, 6.07) is 18.7. The highest BCUT2D eigenvalue weighted by Gasteiger charge is 2.52. The highest BCUT2D eigenvalue weighted by Crippen LogP contribution is 2.52. The summed E-state index contributed by atoms with van der Waals surface area (Å²) in [7, 11) is 0. The second-order valence-corrected chi connectivity index (χ2v) is 7.41. The van der Waals surface area contributed by atoms with E-state index in [1.807, 2.05) is 60.7 Å². The average Bonchev–Trinajstić information content (AvgIpc) is 3.36. The van der Waals surface area contributed by atoms with Crippen molar-refractivity contribution in [2.45, 2.75) is 22.7 Å². The molecule has 1 aromatic heterocycles. The fourth-order valence-electron chi connectivity index (χ4n) is 2.66. The van der Waals surface area contributed by atoms with E-state index in [2.05, 4.69) is 15.5 Å². The Morgan fingerprint density at radius 1 is 1.04 bits per heavy atom. The quantitative estimate of drug-likeness (QED) is 0.680. The summed E-state index contributed by atoms with van der Waals surface area (Å²) >= 11 is 1.30. The van der Waals surface area contributed by atoms with Crippen LogP contribution in [0.2, 0.25) is 0 Å². The zero-order chi connectivity index (χ0) is 18.0. The van der Waals surface area contributed by atoms with Gasteiger partial charge in [0.05, 0.1) is 0 Å². The van der Waals surface area contributed by atoms with Crippen LogP contribution in [-0.4, -0.2) is 31.8 Å². The van der Waals surface area contributed by atoms with E-state index in [1.54, 1.807) is 0 Å². The van der Waals surface area contributed by atoms with E-state index in [0.29, 0.717) is 17.4 Å². The monoisotopic (exact) mass is 364 g/mol. The van der Waals surface area contributed by atoms with Crippen molar-refractivity contribution < 1.29 is 9.59 Å². The first-order valence-corrected chi connectivity index (χ1v) is 9.05. The maximum absolute atomic E-state index is 12.7. The summed E-state index contributed by atoms with van der Waals surface area (Å²) in [6.07, 6.45) is 2.17. The zero-order valence-corrected chi connectivity index (χ0v) is 14.6. The minimum atomic E-state index is -0.600. The first kappa shape index (κ1) is 16.5. The minimum absolute atomic E-state index is 0.0737. The number of anilines is 1. The molecule has 1 heterocycles. The first-order valence-electron chi connectivity index (χ1n) is 8.23. The van der Waals surface area contributed by atoms with Gasteiger partial charge in [0, 0.05) is 11.3 Å². The number of amides is 1. The highest BCUT2D eigenvalue weighted by molar-refractivity contribution is 8.01. The van der Waals surface area contributed by atoms with Crippen LogP contribution in [0.15, 0.2) is 65.8 Å². The van der Waals surface area contributed by atoms with Crippen molar-refractivity contribution in [1.29, 1.82) is 0 Å². The van der Waals surface area contributed by atoms with E-state index in [-0.39, 0.29) is 5.91 Å². The third-order valence-corrected chi connectivity index (χ3v) is 5.68. The minimum Gasteiger partial charge on any atom is -0.325 e. The number of nitrogens with zero attached hydrogens (tertiary/aromatic N) is 3. The number of carbonyl (C=O) groups excluding carboxylic acids is 2. The fourth-order valence-corrected chi connectivity index (χ4v) is 3.76. The Labute approximate surface area is 154 Å². The molecule has 0 saturated heterocycles. The molecule has 1 amide bonds. The van der Waals surface area contributed by atoms with E-state index in [0.717, 1.165) is 24.1 Å². The highest BCUT2D eigenvalue weighted by atomic mass is 32.2. The molecule has 6 nitrogen and oxygen atoms in total. The Morgan fingerprint density at radius 2 is 1.69 bits per heavy atom. The van der Waals surface area contributed by atoms with Gasteiger partial charge in [-0.3, -0.25) is 9.59 Å². The second kappa shape index (κ2) is 6.76. The Kier molecular flexibility index (Phi) is 4.30.